The number of nitrogens with one attached hydrogen (secondary N) is 1. The van der Waals surface area contributed by atoms with E-state index < -0.39 is 10.8 Å². The van der Waals surface area contributed by atoms with Gasteiger partial charge in [0.05, 0.1) is 15.5 Å². The Morgan fingerprint density at radius 3 is 2.76 bits per heavy atom. The van der Waals surface area contributed by atoms with Crippen LogP contribution in [0, 0.1) is 10.1 Å². The number of hydrogen-bond acceptors (Lipinski definition) is 5. The minimum Gasteiger partial charge on any atom is -0.383 e. The van der Waals surface area contributed by atoms with Gasteiger partial charge in [-0.1, -0.05) is 11.6 Å². The molecule has 0 aliphatic heterocycles. The molecule has 1 amide bonds. The Morgan fingerprint density at radius 2 is 2.14 bits per heavy atom. The Kier molecular flexibility index (Phi) is 4.39. The molecule has 9 heteroatoms. The normalized spacial score (nSPS) is 10.2. The van der Waals surface area contributed by atoms with Gasteiger partial charge in [0, 0.05) is 16.2 Å². The lowest BCUT2D eigenvalue weighted by Crippen LogP contribution is -2.15. The number of carbonyl (C=O) groups is 1. The summed E-state index contributed by atoms with van der Waals surface area (Å²) in [5, 5.41) is 13.7. The first-order valence-corrected chi connectivity index (χ1v) is 6.72. The number of halogens is 2. The zero-order valence-electron chi connectivity index (χ0n) is 10.3. The monoisotopic (exact) mass is 370 g/mol. The van der Waals surface area contributed by atoms with Crippen molar-refractivity contribution in [2.75, 3.05) is 11.1 Å². The Hall–Kier alpha value is -2.19. The molecule has 0 aliphatic rings. The van der Waals surface area contributed by atoms with Gasteiger partial charge >= 0.3 is 0 Å². The molecule has 1 aromatic heterocycles. The van der Waals surface area contributed by atoms with Gasteiger partial charge in [-0.3, -0.25) is 14.9 Å². The Labute approximate surface area is 132 Å². The number of carbonyl (C=O) groups excluding carboxylic acids is 1. The maximum Gasteiger partial charge on any atom is 0.288 e. The molecule has 0 spiro atoms. The molecule has 2 rings (SSSR count). The molecule has 7 nitrogen and oxygen atoms in total. The summed E-state index contributed by atoms with van der Waals surface area (Å²) in [6.45, 7) is 0. The lowest BCUT2D eigenvalue weighted by Gasteiger charge is -2.07. The van der Waals surface area contributed by atoms with Gasteiger partial charge in [0.25, 0.3) is 11.6 Å². The van der Waals surface area contributed by atoms with Crippen molar-refractivity contribution in [3.8, 4) is 0 Å². The number of nitro groups is 1. The fraction of sp³-hybridized carbons (Fsp3) is 0. The van der Waals surface area contributed by atoms with Crippen molar-refractivity contribution < 1.29 is 9.72 Å². The summed E-state index contributed by atoms with van der Waals surface area (Å²) in [6.07, 6.45) is 0.989. The highest BCUT2D eigenvalue weighted by atomic mass is 79.9. The topological polar surface area (TPSA) is 111 Å². The van der Waals surface area contributed by atoms with E-state index in [4.69, 9.17) is 17.3 Å². The lowest BCUT2D eigenvalue weighted by molar-refractivity contribution is -0.385. The van der Waals surface area contributed by atoms with Crippen LogP contribution in [0.1, 0.15) is 10.4 Å². The summed E-state index contributed by atoms with van der Waals surface area (Å²) >= 11 is 9.14. The van der Waals surface area contributed by atoms with Crippen LogP contribution in [0.25, 0.3) is 0 Å². The van der Waals surface area contributed by atoms with Gasteiger partial charge in [-0.05, 0) is 34.1 Å². The molecule has 2 aromatic rings. The van der Waals surface area contributed by atoms with E-state index in [0.717, 1.165) is 12.3 Å². The molecule has 0 saturated carbocycles. The SMILES string of the molecule is Nc1ncc([N+](=O)[O-])cc1C(=O)Nc1ccc(Br)c(Cl)c1. The zero-order valence-corrected chi connectivity index (χ0v) is 12.7. The average molecular weight is 372 g/mol. The van der Waals surface area contributed by atoms with Crippen molar-refractivity contribution in [3.63, 3.8) is 0 Å². The van der Waals surface area contributed by atoms with Crippen LogP contribution < -0.4 is 11.1 Å². The van der Waals surface area contributed by atoms with Crippen LogP contribution in [0.3, 0.4) is 0 Å². The summed E-state index contributed by atoms with van der Waals surface area (Å²) in [6, 6.07) is 5.88. The highest BCUT2D eigenvalue weighted by Gasteiger charge is 2.17. The molecule has 0 fully saturated rings. The quantitative estimate of drug-likeness (QED) is 0.635. The van der Waals surface area contributed by atoms with Crippen LogP contribution in [0.5, 0.6) is 0 Å². The molecule has 3 N–H and O–H groups in total. The van der Waals surface area contributed by atoms with Crippen molar-refractivity contribution >= 4 is 50.6 Å². The summed E-state index contributed by atoms with van der Waals surface area (Å²) in [5.74, 6) is -0.705. The summed E-state index contributed by atoms with van der Waals surface area (Å²) < 4.78 is 0.679. The number of benzene rings is 1. The van der Waals surface area contributed by atoms with Crippen molar-refractivity contribution in [2.45, 2.75) is 0 Å². The van der Waals surface area contributed by atoms with Crippen LogP contribution in [0.4, 0.5) is 17.2 Å². The molecule has 1 aromatic carbocycles. The predicted molar refractivity (Wildman–Crippen MR) is 82.4 cm³/mol. The zero-order chi connectivity index (χ0) is 15.6. The van der Waals surface area contributed by atoms with Crippen molar-refractivity contribution in [2.24, 2.45) is 0 Å². The van der Waals surface area contributed by atoms with Gasteiger partial charge in [-0.25, -0.2) is 4.98 Å². The maximum atomic E-state index is 12.1. The predicted octanol–water partition coefficient (Wildman–Crippen LogP) is 3.24. The van der Waals surface area contributed by atoms with Gasteiger partial charge in [-0.2, -0.15) is 0 Å². The number of nitrogens with two attached hydrogens (primary N) is 1. The molecule has 0 radical (unpaired) electrons. The second-order valence-corrected chi connectivity index (χ2v) is 5.23. The van der Waals surface area contributed by atoms with E-state index >= 15 is 0 Å². The molecule has 0 aliphatic carbocycles. The number of nitrogens with zero attached hydrogens (tertiary/aromatic N) is 2. The van der Waals surface area contributed by atoms with Gasteiger partial charge in [0.1, 0.15) is 12.0 Å². The number of hydrogen-bond donors (Lipinski definition) is 2. The van der Waals surface area contributed by atoms with Gasteiger partial charge in [-0.15, -0.1) is 0 Å². The molecule has 0 saturated heterocycles. The fourth-order valence-electron chi connectivity index (χ4n) is 1.52. The van der Waals surface area contributed by atoms with E-state index in [1.807, 2.05) is 0 Å². The third-order valence-corrected chi connectivity index (χ3v) is 3.77. The summed E-state index contributed by atoms with van der Waals surface area (Å²) in [4.78, 5) is 25.8. The third-order valence-electron chi connectivity index (χ3n) is 2.54. The van der Waals surface area contributed by atoms with E-state index in [9.17, 15) is 14.9 Å². The number of pyridine rings is 1. The molecule has 0 unspecified atom stereocenters. The summed E-state index contributed by atoms with van der Waals surface area (Å²) in [5.41, 5.74) is 5.60. The number of rotatable bonds is 3. The highest BCUT2D eigenvalue weighted by Crippen LogP contribution is 2.26. The van der Waals surface area contributed by atoms with Crippen LogP contribution in [0.2, 0.25) is 5.02 Å². The average Bonchev–Trinajstić information content (AvgIpc) is 2.43. The molecule has 21 heavy (non-hydrogen) atoms. The minimum absolute atomic E-state index is 0.0803. The standard InChI is InChI=1S/C12H8BrClN4O3/c13-9-2-1-6(3-10(9)14)17-12(19)8-4-7(18(20)21)5-16-11(8)15/h1-5H,(H2,15,16)(H,17,19). The summed E-state index contributed by atoms with van der Waals surface area (Å²) in [7, 11) is 0. The first-order valence-electron chi connectivity index (χ1n) is 5.55. The van der Waals surface area contributed by atoms with Crippen molar-refractivity contribution in [1.29, 1.82) is 0 Å². The van der Waals surface area contributed by atoms with Crippen molar-refractivity contribution in [1.82, 2.24) is 4.98 Å². The highest BCUT2D eigenvalue weighted by molar-refractivity contribution is 9.10. The largest absolute Gasteiger partial charge is 0.383 e. The number of aromatic nitrogens is 1. The molecule has 1 heterocycles. The molecule has 108 valence electrons. The fourth-order valence-corrected chi connectivity index (χ4v) is 1.95. The second-order valence-electron chi connectivity index (χ2n) is 3.97. The number of amides is 1. The lowest BCUT2D eigenvalue weighted by atomic mass is 10.2. The molecule has 0 atom stereocenters. The molecular formula is C12H8BrClN4O3. The van der Waals surface area contributed by atoms with Gasteiger partial charge in [0.2, 0.25) is 0 Å². The van der Waals surface area contributed by atoms with E-state index in [-0.39, 0.29) is 17.1 Å². The van der Waals surface area contributed by atoms with E-state index in [1.165, 1.54) is 6.07 Å². The Morgan fingerprint density at radius 1 is 1.43 bits per heavy atom. The first kappa shape index (κ1) is 15.2. The van der Waals surface area contributed by atoms with E-state index in [0.29, 0.717) is 15.2 Å². The first-order chi connectivity index (χ1) is 9.88. The molecular weight excluding hydrogens is 364 g/mol. The minimum atomic E-state index is -0.653. The van der Waals surface area contributed by atoms with E-state index in [1.54, 1.807) is 12.1 Å². The van der Waals surface area contributed by atoms with Crippen LogP contribution in [-0.2, 0) is 0 Å². The van der Waals surface area contributed by atoms with Crippen LogP contribution in [0.15, 0.2) is 34.9 Å². The Bertz CT molecular complexity index is 738. The number of anilines is 2. The van der Waals surface area contributed by atoms with E-state index in [2.05, 4.69) is 26.2 Å². The number of nitrogen functional groups attached to an aromatic ring is 1. The smallest absolute Gasteiger partial charge is 0.288 e. The van der Waals surface area contributed by atoms with Gasteiger partial charge < -0.3 is 11.1 Å². The maximum absolute atomic E-state index is 12.1. The van der Waals surface area contributed by atoms with Crippen LogP contribution in [-0.4, -0.2) is 15.8 Å². The third kappa shape index (κ3) is 3.47. The second kappa shape index (κ2) is 6.06. The Balaban J connectivity index is 2.29. The van der Waals surface area contributed by atoms with Gasteiger partial charge in [0.15, 0.2) is 0 Å². The molecule has 0 bridgehead atoms. The van der Waals surface area contributed by atoms with Crippen molar-refractivity contribution in [3.05, 3.63) is 55.6 Å². The van der Waals surface area contributed by atoms with Crippen LogP contribution >= 0.6 is 27.5 Å².